The number of nitrogens with zero attached hydrogens (tertiary/aromatic N) is 1. The van der Waals surface area contributed by atoms with Gasteiger partial charge < -0.3 is 28.8 Å². The lowest BCUT2D eigenvalue weighted by Crippen LogP contribution is -2.45. The van der Waals surface area contributed by atoms with E-state index in [-0.39, 0.29) is 19.1 Å². The maximum Gasteiger partial charge on any atom is 0.268 e. The summed E-state index contributed by atoms with van der Waals surface area (Å²) in [6, 6.07) is -0.882. The number of carbonyl (C=O) groups is 1. The maximum absolute atomic E-state index is 12.9. The van der Waals surface area contributed by atoms with Crippen molar-refractivity contribution in [3.05, 3.63) is 24.3 Å². The van der Waals surface area contributed by atoms with E-state index >= 15 is 0 Å². The van der Waals surface area contributed by atoms with Crippen molar-refractivity contribution in [2.75, 3.05) is 40.9 Å². The van der Waals surface area contributed by atoms with Crippen molar-refractivity contribution in [1.82, 2.24) is 5.32 Å². The molecule has 0 aromatic heterocycles. The van der Waals surface area contributed by atoms with Gasteiger partial charge in [0.05, 0.1) is 39.9 Å². The van der Waals surface area contributed by atoms with Crippen LogP contribution in [0.15, 0.2) is 24.3 Å². The molecule has 8 nitrogen and oxygen atoms in total. The molecule has 0 bridgehead atoms. The van der Waals surface area contributed by atoms with E-state index in [2.05, 4.69) is 31.3 Å². The molecule has 0 heterocycles. The zero-order chi connectivity index (χ0) is 47.1. The van der Waals surface area contributed by atoms with Crippen molar-refractivity contribution in [3.63, 3.8) is 0 Å². The summed E-state index contributed by atoms with van der Waals surface area (Å²) in [4.78, 5) is 25.4. The van der Waals surface area contributed by atoms with Gasteiger partial charge in [-0.05, 0) is 44.9 Å². The molecule has 380 valence electrons. The summed E-state index contributed by atoms with van der Waals surface area (Å²) in [7, 11) is 1.27. The molecular weight excluding hydrogens is 816 g/mol. The van der Waals surface area contributed by atoms with Crippen LogP contribution in [0.5, 0.6) is 0 Å². The Morgan fingerprint density at radius 2 is 0.859 bits per heavy atom. The van der Waals surface area contributed by atoms with E-state index in [0.717, 1.165) is 38.5 Å². The van der Waals surface area contributed by atoms with Crippen LogP contribution >= 0.6 is 7.82 Å². The molecule has 0 aliphatic heterocycles. The molecule has 9 heteroatoms. The highest BCUT2D eigenvalue weighted by Gasteiger charge is 2.23. The Kier molecular flexibility index (Phi) is 46.3. The highest BCUT2D eigenvalue weighted by atomic mass is 31.2. The number of quaternary nitrogens is 1. The first-order chi connectivity index (χ1) is 31.0. The number of nitrogens with one attached hydrogen (secondary N) is 1. The normalized spacial score (nSPS) is 14.2. The van der Waals surface area contributed by atoms with E-state index in [1.165, 1.54) is 212 Å². The van der Waals surface area contributed by atoms with Gasteiger partial charge in [-0.1, -0.05) is 244 Å². The lowest BCUT2D eigenvalue weighted by molar-refractivity contribution is -0.870. The summed E-state index contributed by atoms with van der Waals surface area (Å²) in [6.45, 7) is 4.66. The lowest BCUT2D eigenvalue weighted by Gasteiger charge is -2.29. The zero-order valence-corrected chi connectivity index (χ0v) is 44.1. The highest BCUT2D eigenvalue weighted by Crippen LogP contribution is 2.38. The van der Waals surface area contributed by atoms with Gasteiger partial charge in [0, 0.05) is 6.42 Å². The summed E-state index contributed by atoms with van der Waals surface area (Å²) in [5.74, 6) is -0.195. The number of aliphatic hydroxyl groups is 1. The minimum atomic E-state index is -4.59. The Morgan fingerprint density at radius 1 is 0.531 bits per heavy atom. The smallest absolute Gasteiger partial charge is 0.268 e. The van der Waals surface area contributed by atoms with Crippen LogP contribution in [0.1, 0.15) is 271 Å². The molecular formula is C55H109N2O6P. The molecule has 0 spiro atoms. The molecule has 0 fully saturated rings. The first-order valence-electron chi connectivity index (χ1n) is 27.7. The van der Waals surface area contributed by atoms with Crippen LogP contribution in [-0.4, -0.2) is 68.5 Å². The Hall–Kier alpha value is -1.02. The van der Waals surface area contributed by atoms with Gasteiger partial charge in [-0.3, -0.25) is 9.36 Å². The van der Waals surface area contributed by atoms with E-state index in [1.54, 1.807) is 6.08 Å². The largest absolute Gasteiger partial charge is 0.756 e. The Morgan fingerprint density at radius 3 is 1.22 bits per heavy atom. The topological polar surface area (TPSA) is 108 Å². The third kappa shape index (κ3) is 48.9. The number of amides is 1. The van der Waals surface area contributed by atoms with Crippen LogP contribution in [0.3, 0.4) is 0 Å². The number of aliphatic hydroxyl groups excluding tert-OH is 1. The van der Waals surface area contributed by atoms with Crippen molar-refractivity contribution >= 4 is 13.7 Å². The Labute approximate surface area is 398 Å². The van der Waals surface area contributed by atoms with E-state index in [0.29, 0.717) is 17.4 Å². The molecule has 0 aliphatic rings. The summed E-state index contributed by atoms with van der Waals surface area (Å²) < 4.78 is 23.2. The molecule has 2 N–H and O–H groups in total. The van der Waals surface area contributed by atoms with Gasteiger partial charge in [-0.15, -0.1) is 0 Å². The number of rotatable bonds is 51. The van der Waals surface area contributed by atoms with E-state index in [1.807, 2.05) is 27.2 Å². The first kappa shape index (κ1) is 63.0. The molecule has 0 aromatic rings. The molecule has 0 radical (unpaired) electrons. The molecule has 0 aliphatic carbocycles. The molecule has 3 unspecified atom stereocenters. The van der Waals surface area contributed by atoms with Crippen LogP contribution in [0.4, 0.5) is 0 Å². The van der Waals surface area contributed by atoms with Crippen LogP contribution in [0.2, 0.25) is 0 Å². The van der Waals surface area contributed by atoms with Crippen molar-refractivity contribution < 1.29 is 32.9 Å². The van der Waals surface area contributed by atoms with Crippen molar-refractivity contribution in [3.8, 4) is 0 Å². The minimum absolute atomic E-state index is 0.000757. The van der Waals surface area contributed by atoms with Crippen LogP contribution in [0, 0.1) is 0 Å². The predicted octanol–water partition coefficient (Wildman–Crippen LogP) is 15.8. The van der Waals surface area contributed by atoms with Gasteiger partial charge >= 0.3 is 0 Å². The molecule has 0 aromatic carbocycles. The fourth-order valence-electron chi connectivity index (χ4n) is 8.27. The number of hydrogen-bond acceptors (Lipinski definition) is 6. The quantitative estimate of drug-likeness (QED) is 0.0272. The third-order valence-corrected chi connectivity index (χ3v) is 13.6. The van der Waals surface area contributed by atoms with Gasteiger partial charge in [0.1, 0.15) is 13.2 Å². The number of allylic oxidation sites excluding steroid dienone is 3. The number of phosphoric acid groups is 1. The molecule has 0 saturated heterocycles. The van der Waals surface area contributed by atoms with E-state index in [9.17, 15) is 19.4 Å². The number of carbonyl (C=O) groups excluding carboxylic acids is 1. The second kappa shape index (κ2) is 47.1. The number of unbranched alkanes of at least 4 members (excludes halogenated alkanes) is 36. The Bertz CT molecular complexity index is 1090. The van der Waals surface area contributed by atoms with Crippen molar-refractivity contribution in [2.45, 2.75) is 283 Å². The van der Waals surface area contributed by atoms with Gasteiger partial charge in [0.25, 0.3) is 7.82 Å². The second-order valence-electron chi connectivity index (χ2n) is 20.3. The number of likely N-dealkylation sites (N-methyl/N-ethyl adjacent to an activating group) is 1. The second-order valence-corrected chi connectivity index (χ2v) is 21.7. The molecule has 64 heavy (non-hydrogen) atoms. The van der Waals surface area contributed by atoms with E-state index in [4.69, 9.17) is 9.05 Å². The Balaban J connectivity index is 3.99. The minimum Gasteiger partial charge on any atom is -0.756 e. The zero-order valence-electron chi connectivity index (χ0n) is 43.3. The van der Waals surface area contributed by atoms with Gasteiger partial charge in [-0.25, -0.2) is 0 Å². The van der Waals surface area contributed by atoms with Crippen LogP contribution in [0.25, 0.3) is 0 Å². The average Bonchev–Trinajstić information content (AvgIpc) is 3.25. The predicted molar refractivity (Wildman–Crippen MR) is 275 cm³/mol. The maximum atomic E-state index is 12.9. The van der Waals surface area contributed by atoms with Crippen LogP contribution in [-0.2, 0) is 18.4 Å². The molecule has 1 amide bonds. The first-order valence-corrected chi connectivity index (χ1v) is 29.2. The number of hydrogen-bond donors (Lipinski definition) is 2. The average molecular weight is 925 g/mol. The summed E-state index contributed by atoms with van der Waals surface area (Å²) in [5, 5.41) is 13.8. The third-order valence-electron chi connectivity index (χ3n) is 12.7. The molecule has 0 rings (SSSR count). The van der Waals surface area contributed by atoms with Gasteiger partial charge in [-0.2, -0.15) is 0 Å². The van der Waals surface area contributed by atoms with Gasteiger partial charge in [0.2, 0.25) is 5.91 Å². The summed E-state index contributed by atoms with van der Waals surface area (Å²) >= 11 is 0. The summed E-state index contributed by atoms with van der Waals surface area (Å²) in [5.41, 5.74) is 0. The monoisotopic (exact) mass is 925 g/mol. The van der Waals surface area contributed by atoms with E-state index < -0.39 is 20.0 Å². The standard InChI is InChI=1S/C55H109N2O6P/c1-6-8-10-12-14-16-18-19-20-21-22-23-24-25-26-27-28-29-30-31-32-33-34-35-36-37-39-41-43-45-47-49-55(59)56-53(52-63-64(60,61)62-51-50-57(3,4)5)54(58)48-46-44-42-40-38-17-15-13-11-9-7-2/h25-26,46,48,53-54,58H,6-24,27-45,47,49-52H2,1-5H3,(H-,56,59,60,61)/b26-25-,48-46+. The highest BCUT2D eigenvalue weighted by molar-refractivity contribution is 7.45. The fraction of sp³-hybridized carbons (Fsp3) is 0.909. The lowest BCUT2D eigenvalue weighted by atomic mass is 10.0. The molecule has 0 saturated carbocycles. The van der Waals surface area contributed by atoms with Crippen molar-refractivity contribution in [2.24, 2.45) is 0 Å². The molecule has 3 atom stereocenters. The van der Waals surface area contributed by atoms with Crippen LogP contribution < -0.4 is 10.2 Å². The fourth-order valence-corrected chi connectivity index (χ4v) is 8.99. The SMILES string of the molecule is CCCCCCCCCCC/C=C/C(O)C(COP(=O)([O-])OCC[N+](C)(C)C)NC(=O)CCCCCCCCCCCCCCCCC/C=C\CCCCCCCCCCCCCC. The summed E-state index contributed by atoms with van der Waals surface area (Å²) in [6.07, 6.45) is 58.4. The van der Waals surface area contributed by atoms with Crippen molar-refractivity contribution in [1.29, 1.82) is 0 Å². The van der Waals surface area contributed by atoms with Gasteiger partial charge in [0.15, 0.2) is 0 Å². The number of phosphoric ester groups is 1.